The van der Waals surface area contributed by atoms with Crippen LogP contribution >= 0.6 is 23.2 Å². The molecule has 1 aromatic carbocycles. The first-order valence-corrected chi connectivity index (χ1v) is 6.19. The minimum atomic E-state index is -1.28. The maximum Gasteiger partial charge on any atom is 0.323 e. The molecule has 9 heteroatoms. The average molecular weight is 334 g/mol. The summed E-state index contributed by atoms with van der Waals surface area (Å²) in [5.74, 6) is -2.56. The van der Waals surface area contributed by atoms with E-state index in [0.29, 0.717) is 0 Å². The highest BCUT2D eigenvalue weighted by Crippen LogP contribution is 2.22. The summed E-state index contributed by atoms with van der Waals surface area (Å²) in [5.41, 5.74) is -0.159. The van der Waals surface area contributed by atoms with Gasteiger partial charge >= 0.3 is 11.9 Å². The van der Waals surface area contributed by atoms with Crippen molar-refractivity contribution in [1.29, 1.82) is 0 Å². The number of aliphatic carboxylic acids is 2. The largest absolute Gasteiger partial charge is 0.480 e. The second kappa shape index (κ2) is 7.05. The summed E-state index contributed by atoms with van der Waals surface area (Å²) in [5, 5.41) is 15.8. The molecule has 0 aliphatic carbocycles. The fourth-order valence-corrected chi connectivity index (χ4v) is 1.80. The standard InChI is InChI=1S/C12H9Cl2NO6/c13-11(20)6-1-7(12(14)21)3-8(2-6)15(4-9(16)17)5-10(18)19/h1-3H,4-5H2,(H,16,17)(H,18,19). The Morgan fingerprint density at radius 1 is 0.857 bits per heavy atom. The number of nitrogens with zero attached hydrogens (tertiary/aromatic N) is 1. The number of hydrogen-bond donors (Lipinski definition) is 2. The van der Waals surface area contributed by atoms with Crippen molar-refractivity contribution in [3.8, 4) is 0 Å². The Balaban J connectivity index is 3.34. The van der Waals surface area contributed by atoms with Gasteiger partial charge in [0.25, 0.3) is 10.5 Å². The van der Waals surface area contributed by atoms with E-state index in [4.69, 9.17) is 33.4 Å². The van der Waals surface area contributed by atoms with E-state index in [9.17, 15) is 19.2 Å². The second-order valence-corrected chi connectivity index (χ2v) is 4.65. The summed E-state index contributed by atoms with van der Waals surface area (Å²) in [6, 6.07) is 3.50. The second-order valence-electron chi connectivity index (χ2n) is 3.96. The molecule has 0 aliphatic heterocycles. The fourth-order valence-electron chi connectivity index (χ4n) is 1.59. The molecule has 0 fully saturated rings. The van der Waals surface area contributed by atoms with Gasteiger partial charge in [-0.1, -0.05) is 0 Å². The normalized spacial score (nSPS) is 10.0. The van der Waals surface area contributed by atoms with Crippen LogP contribution in [0.1, 0.15) is 20.7 Å². The number of halogens is 2. The summed E-state index contributed by atoms with van der Waals surface area (Å²) in [6.45, 7) is -1.27. The van der Waals surface area contributed by atoms with Gasteiger partial charge in [0.15, 0.2) is 0 Å². The van der Waals surface area contributed by atoms with E-state index in [2.05, 4.69) is 0 Å². The van der Waals surface area contributed by atoms with Crippen LogP contribution in [-0.4, -0.2) is 45.7 Å². The Morgan fingerprint density at radius 2 is 1.24 bits per heavy atom. The quantitative estimate of drug-likeness (QED) is 0.725. The molecule has 0 radical (unpaired) electrons. The van der Waals surface area contributed by atoms with Crippen molar-refractivity contribution in [3.63, 3.8) is 0 Å². The molecule has 2 N–H and O–H groups in total. The van der Waals surface area contributed by atoms with Crippen molar-refractivity contribution in [2.45, 2.75) is 0 Å². The highest BCUT2D eigenvalue weighted by atomic mass is 35.5. The maximum absolute atomic E-state index is 11.2. The van der Waals surface area contributed by atoms with Crippen molar-refractivity contribution >= 4 is 51.3 Å². The third-order valence-corrected chi connectivity index (χ3v) is 2.83. The van der Waals surface area contributed by atoms with E-state index in [0.717, 1.165) is 11.0 Å². The Hall–Kier alpha value is -2.12. The zero-order valence-corrected chi connectivity index (χ0v) is 11.9. The number of benzene rings is 1. The van der Waals surface area contributed by atoms with Gasteiger partial charge in [-0.2, -0.15) is 0 Å². The SMILES string of the molecule is O=C(O)CN(CC(=O)O)c1cc(C(=O)Cl)cc(C(=O)Cl)c1. The van der Waals surface area contributed by atoms with Crippen molar-refractivity contribution in [2.24, 2.45) is 0 Å². The number of carboxylic acids is 2. The van der Waals surface area contributed by atoms with Crippen molar-refractivity contribution in [3.05, 3.63) is 29.3 Å². The van der Waals surface area contributed by atoms with Crippen LogP contribution in [0.25, 0.3) is 0 Å². The molecule has 0 saturated carbocycles. The van der Waals surface area contributed by atoms with Crippen LogP contribution in [0, 0.1) is 0 Å². The third-order valence-electron chi connectivity index (χ3n) is 2.39. The van der Waals surface area contributed by atoms with Crippen LogP contribution in [0.4, 0.5) is 5.69 Å². The molecule has 0 bridgehead atoms. The minimum absolute atomic E-state index is 0.0373. The minimum Gasteiger partial charge on any atom is -0.480 e. The summed E-state index contributed by atoms with van der Waals surface area (Å²) in [7, 11) is 0. The Labute approximate surface area is 128 Å². The summed E-state index contributed by atoms with van der Waals surface area (Å²) >= 11 is 10.6. The van der Waals surface area contributed by atoms with Gasteiger partial charge in [-0.3, -0.25) is 19.2 Å². The molecule has 7 nitrogen and oxygen atoms in total. The topological polar surface area (TPSA) is 112 Å². The molecule has 112 valence electrons. The highest BCUT2D eigenvalue weighted by molar-refractivity contribution is 6.69. The number of hydrogen-bond acceptors (Lipinski definition) is 5. The Morgan fingerprint density at radius 3 is 1.52 bits per heavy atom. The first-order valence-electron chi connectivity index (χ1n) is 5.44. The van der Waals surface area contributed by atoms with Crippen molar-refractivity contribution in [1.82, 2.24) is 0 Å². The lowest BCUT2D eigenvalue weighted by molar-refractivity contribution is -0.136. The number of carbonyl (C=O) groups excluding carboxylic acids is 2. The van der Waals surface area contributed by atoms with E-state index in [-0.39, 0.29) is 16.8 Å². The molecule has 0 heterocycles. The molecule has 0 amide bonds. The number of rotatable bonds is 7. The molecule has 0 aliphatic rings. The molecule has 1 aromatic rings. The lowest BCUT2D eigenvalue weighted by Gasteiger charge is -2.21. The van der Waals surface area contributed by atoms with Crippen LogP contribution in [0.5, 0.6) is 0 Å². The van der Waals surface area contributed by atoms with Gasteiger partial charge in [0.05, 0.1) is 0 Å². The van der Waals surface area contributed by atoms with Crippen molar-refractivity contribution in [2.75, 3.05) is 18.0 Å². The smallest absolute Gasteiger partial charge is 0.323 e. The van der Waals surface area contributed by atoms with Gasteiger partial charge in [-0.25, -0.2) is 0 Å². The van der Waals surface area contributed by atoms with Gasteiger partial charge < -0.3 is 15.1 Å². The van der Waals surface area contributed by atoms with E-state index in [1.807, 2.05) is 0 Å². The number of carboxylic acid groups (broad SMARTS) is 2. The monoisotopic (exact) mass is 333 g/mol. The molecule has 0 saturated heterocycles. The predicted molar refractivity (Wildman–Crippen MR) is 74.3 cm³/mol. The summed E-state index contributed by atoms with van der Waals surface area (Å²) in [6.07, 6.45) is 0. The predicted octanol–water partition coefficient (Wildman–Crippen LogP) is 1.42. The van der Waals surface area contributed by atoms with Gasteiger partial charge in [0.2, 0.25) is 0 Å². The fraction of sp³-hybridized carbons (Fsp3) is 0.167. The van der Waals surface area contributed by atoms with Gasteiger partial charge in [0, 0.05) is 16.8 Å². The summed E-state index contributed by atoms with van der Waals surface area (Å²) < 4.78 is 0. The number of anilines is 1. The van der Waals surface area contributed by atoms with Gasteiger partial charge in [-0.15, -0.1) is 0 Å². The van der Waals surface area contributed by atoms with Crippen LogP contribution in [0.15, 0.2) is 18.2 Å². The van der Waals surface area contributed by atoms with Crippen LogP contribution in [0.3, 0.4) is 0 Å². The molecular weight excluding hydrogens is 325 g/mol. The van der Waals surface area contributed by atoms with Crippen molar-refractivity contribution < 1.29 is 29.4 Å². The zero-order valence-electron chi connectivity index (χ0n) is 10.4. The van der Waals surface area contributed by atoms with E-state index in [1.165, 1.54) is 12.1 Å². The first-order chi connectivity index (χ1) is 9.70. The highest BCUT2D eigenvalue weighted by Gasteiger charge is 2.18. The van der Waals surface area contributed by atoms with E-state index in [1.54, 1.807) is 0 Å². The molecular formula is C12H9Cl2NO6. The third kappa shape index (κ3) is 5.05. The maximum atomic E-state index is 11.2. The molecule has 0 atom stereocenters. The van der Waals surface area contributed by atoms with Crippen LogP contribution in [0.2, 0.25) is 0 Å². The lowest BCUT2D eigenvalue weighted by atomic mass is 10.1. The molecule has 21 heavy (non-hydrogen) atoms. The lowest BCUT2D eigenvalue weighted by Crippen LogP contribution is -2.34. The first kappa shape index (κ1) is 16.9. The molecule has 1 rings (SSSR count). The van der Waals surface area contributed by atoms with Crippen LogP contribution < -0.4 is 4.90 Å². The molecule has 0 unspecified atom stereocenters. The van der Waals surface area contributed by atoms with Gasteiger partial charge in [0.1, 0.15) is 13.1 Å². The summed E-state index contributed by atoms with van der Waals surface area (Å²) in [4.78, 5) is 44.9. The van der Waals surface area contributed by atoms with E-state index < -0.39 is 35.5 Å². The number of carbonyl (C=O) groups is 4. The Kier molecular flexibility index (Phi) is 5.69. The zero-order chi connectivity index (χ0) is 16.2. The Bertz CT molecular complexity index is 568. The molecule has 0 spiro atoms. The van der Waals surface area contributed by atoms with Crippen LogP contribution in [-0.2, 0) is 9.59 Å². The average Bonchev–Trinajstić information content (AvgIpc) is 2.36. The van der Waals surface area contributed by atoms with E-state index >= 15 is 0 Å². The van der Waals surface area contributed by atoms with Gasteiger partial charge in [-0.05, 0) is 41.4 Å². The molecule has 0 aromatic heterocycles.